The van der Waals surface area contributed by atoms with E-state index in [4.69, 9.17) is 21.1 Å². The van der Waals surface area contributed by atoms with Crippen molar-refractivity contribution in [3.05, 3.63) is 94.5 Å². The van der Waals surface area contributed by atoms with E-state index < -0.39 is 6.04 Å². The average molecular weight is 481 g/mol. The van der Waals surface area contributed by atoms with Crippen LogP contribution in [0.5, 0.6) is 11.5 Å². The van der Waals surface area contributed by atoms with Crippen LogP contribution >= 0.6 is 11.6 Å². The Bertz CT molecular complexity index is 1100. The van der Waals surface area contributed by atoms with Crippen LogP contribution in [0.3, 0.4) is 0 Å². The second-order valence-electron chi connectivity index (χ2n) is 7.88. The summed E-state index contributed by atoms with van der Waals surface area (Å²) in [6, 6.07) is 21.4. The van der Waals surface area contributed by atoms with Gasteiger partial charge in [0.25, 0.3) is 0 Å². The molecular weight excluding hydrogens is 452 g/mol. The lowest BCUT2D eigenvalue weighted by molar-refractivity contribution is -0.140. The molecule has 0 aliphatic rings. The van der Waals surface area contributed by atoms with Crippen molar-refractivity contribution in [2.24, 2.45) is 0 Å². The Labute approximate surface area is 205 Å². The van der Waals surface area contributed by atoms with Gasteiger partial charge in [0.1, 0.15) is 17.5 Å². The number of amides is 2. The number of nitrogens with zero attached hydrogens (tertiary/aromatic N) is 1. The Morgan fingerprint density at radius 3 is 2.21 bits per heavy atom. The molecule has 6 nitrogen and oxygen atoms in total. The van der Waals surface area contributed by atoms with Gasteiger partial charge in [0.2, 0.25) is 11.8 Å². The number of carbonyl (C=O) groups is 2. The highest BCUT2D eigenvalue weighted by Gasteiger charge is 2.26. The minimum absolute atomic E-state index is 0.155. The molecule has 178 valence electrons. The van der Waals surface area contributed by atoms with Gasteiger partial charge >= 0.3 is 0 Å². The highest BCUT2D eigenvalue weighted by atomic mass is 35.5. The topological polar surface area (TPSA) is 67.9 Å². The van der Waals surface area contributed by atoms with Crippen LogP contribution in [0.15, 0.2) is 72.8 Å². The Morgan fingerprint density at radius 1 is 0.912 bits per heavy atom. The van der Waals surface area contributed by atoms with Gasteiger partial charge in [-0.1, -0.05) is 54.1 Å². The van der Waals surface area contributed by atoms with E-state index in [-0.39, 0.29) is 18.2 Å². The predicted octanol–water partition coefficient (Wildman–Crippen LogP) is 4.63. The molecule has 7 heteroatoms. The Balaban J connectivity index is 1.76. The lowest BCUT2D eigenvalue weighted by Gasteiger charge is -2.29. The molecule has 34 heavy (non-hydrogen) atoms. The van der Waals surface area contributed by atoms with Crippen molar-refractivity contribution in [1.82, 2.24) is 10.2 Å². The molecule has 0 fully saturated rings. The molecule has 0 saturated carbocycles. The van der Waals surface area contributed by atoms with Crippen LogP contribution in [0.2, 0.25) is 5.02 Å². The molecule has 0 aliphatic carbocycles. The summed E-state index contributed by atoms with van der Waals surface area (Å²) in [6.45, 7) is 2.33. The quantitative estimate of drug-likeness (QED) is 0.459. The van der Waals surface area contributed by atoms with E-state index in [9.17, 15) is 9.59 Å². The highest BCUT2D eigenvalue weighted by Crippen LogP contribution is 2.19. The minimum atomic E-state index is -0.684. The fourth-order valence-corrected chi connectivity index (χ4v) is 3.69. The van der Waals surface area contributed by atoms with E-state index in [2.05, 4.69) is 5.32 Å². The fraction of sp³-hybridized carbons (Fsp3) is 0.259. The largest absolute Gasteiger partial charge is 0.497 e. The molecule has 1 N–H and O–H groups in total. The first-order valence-electron chi connectivity index (χ1n) is 11.0. The first-order chi connectivity index (χ1) is 16.4. The fourth-order valence-electron chi connectivity index (χ4n) is 3.57. The molecule has 0 saturated heterocycles. The monoisotopic (exact) mass is 480 g/mol. The first kappa shape index (κ1) is 25.1. The van der Waals surface area contributed by atoms with Crippen LogP contribution in [0.4, 0.5) is 0 Å². The maximum Gasteiger partial charge on any atom is 0.242 e. The third-order valence-electron chi connectivity index (χ3n) is 5.59. The van der Waals surface area contributed by atoms with Crippen molar-refractivity contribution in [1.29, 1.82) is 0 Å². The lowest BCUT2D eigenvalue weighted by atomic mass is 10.1. The summed E-state index contributed by atoms with van der Waals surface area (Å²) in [5, 5.41) is 3.54. The standard InChI is InChI=1S/C27H29ClN2O4/c1-19(27(32)29-17-22-6-4-5-7-25(22)34-3)30(18-21-10-14-24(33-2)15-11-21)26(31)16-20-8-12-23(28)13-9-20/h4-15,19H,16-18H2,1-3H3,(H,29,32)/t19-/m1/s1. The van der Waals surface area contributed by atoms with Gasteiger partial charge in [0.05, 0.1) is 20.6 Å². The van der Waals surface area contributed by atoms with Gasteiger partial charge in [-0.25, -0.2) is 0 Å². The molecular formula is C27H29ClN2O4. The third kappa shape index (κ3) is 6.75. The molecule has 3 aromatic carbocycles. The summed E-state index contributed by atoms with van der Waals surface area (Å²) in [7, 11) is 3.19. The number of methoxy groups -OCH3 is 2. The van der Waals surface area contributed by atoms with Crippen molar-refractivity contribution in [3.63, 3.8) is 0 Å². The number of hydrogen-bond donors (Lipinski definition) is 1. The average Bonchev–Trinajstić information content (AvgIpc) is 2.87. The van der Waals surface area contributed by atoms with Gasteiger partial charge in [-0.05, 0) is 48.4 Å². The highest BCUT2D eigenvalue weighted by molar-refractivity contribution is 6.30. The molecule has 0 aromatic heterocycles. The molecule has 0 radical (unpaired) electrons. The summed E-state index contributed by atoms with van der Waals surface area (Å²) in [6.07, 6.45) is 0.164. The third-order valence-corrected chi connectivity index (χ3v) is 5.85. The molecule has 0 unspecified atom stereocenters. The van der Waals surface area contributed by atoms with Crippen molar-refractivity contribution in [2.75, 3.05) is 14.2 Å². The molecule has 1 atom stereocenters. The summed E-state index contributed by atoms with van der Waals surface area (Å²) in [5.74, 6) is 1.02. The molecule has 2 amide bonds. The normalized spacial score (nSPS) is 11.4. The van der Waals surface area contributed by atoms with Crippen LogP contribution in [0.25, 0.3) is 0 Å². The number of nitrogens with one attached hydrogen (secondary N) is 1. The van der Waals surface area contributed by atoms with E-state index in [1.165, 1.54) is 0 Å². The van der Waals surface area contributed by atoms with Gasteiger partial charge in [-0.15, -0.1) is 0 Å². The van der Waals surface area contributed by atoms with E-state index in [1.54, 1.807) is 38.2 Å². The first-order valence-corrected chi connectivity index (χ1v) is 11.4. The molecule has 0 bridgehead atoms. The van der Waals surface area contributed by atoms with Gasteiger partial charge in [0, 0.05) is 23.7 Å². The maximum atomic E-state index is 13.3. The molecule has 3 rings (SSSR count). The zero-order valence-electron chi connectivity index (χ0n) is 19.6. The van der Waals surface area contributed by atoms with Crippen molar-refractivity contribution < 1.29 is 19.1 Å². The van der Waals surface area contributed by atoms with E-state index in [1.807, 2.05) is 60.7 Å². The van der Waals surface area contributed by atoms with Gasteiger partial charge in [0.15, 0.2) is 0 Å². The van der Waals surface area contributed by atoms with Gasteiger partial charge in [-0.3, -0.25) is 9.59 Å². The lowest BCUT2D eigenvalue weighted by Crippen LogP contribution is -2.48. The number of ether oxygens (including phenoxy) is 2. The van der Waals surface area contributed by atoms with Crippen molar-refractivity contribution >= 4 is 23.4 Å². The summed E-state index contributed by atoms with van der Waals surface area (Å²) < 4.78 is 10.6. The smallest absolute Gasteiger partial charge is 0.242 e. The predicted molar refractivity (Wildman–Crippen MR) is 133 cm³/mol. The number of benzene rings is 3. The van der Waals surface area contributed by atoms with E-state index in [0.29, 0.717) is 23.9 Å². The number of halogens is 1. The second kappa shape index (κ2) is 12.1. The van der Waals surface area contributed by atoms with Crippen LogP contribution in [-0.2, 0) is 29.1 Å². The minimum Gasteiger partial charge on any atom is -0.497 e. The van der Waals surface area contributed by atoms with E-state index in [0.717, 1.165) is 22.4 Å². The zero-order chi connectivity index (χ0) is 24.5. The number of para-hydroxylation sites is 1. The Morgan fingerprint density at radius 2 is 1.56 bits per heavy atom. The molecule has 0 aliphatic heterocycles. The van der Waals surface area contributed by atoms with Crippen LogP contribution in [0, 0.1) is 0 Å². The van der Waals surface area contributed by atoms with Gasteiger partial charge < -0.3 is 19.7 Å². The number of rotatable bonds is 10. The molecule has 0 spiro atoms. The summed E-state index contributed by atoms with van der Waals surface area (Å²) in [5.41, 5.74) is 2.59. The van der Waals surface area contributed by atoms with Gasteiger partial charge in [-0.2, -0.15) is 0 Å². The number of carbonyl (C=O) groups excluding carboxylic acids is 2. The number of hydrogen-bond acceptors (Lipinski definition) is 4. The van der Waals surface area contributed by atoms with E-state index >= 15 is 0 Å². The SMILES string of the molecule is COc1ccc(CN(C(=O)Cc2ccc(Cl)cc2)[C@H](C)C(=O)NCc2ccccc2OC)cc1. The molecule has 0 heterocycles. The Kier molecular flexibility index (Phi) is 8.93. The van der Waals surface area contributed by atoms with Crippen LogP contribution in [-0.4, -0.2) is 37.0 Å². The maximum absolute atomic E-state index is 13.3. The van der Waals surface area contributed by atoms with Crippen molar-refractivity contribution in [3.8, 4) is 11.5 Å². The molecule has 3 aromatic rings. The zero-order valence-corrected chi connectivity index (χ0v) is 20.3. The van der Waals surface area contributed by atoms with Crippen molar-refractivity contribution in [2.45, 2.75) is 32.5 Å². The summed E-state index contributed by atoms with van der Waals surface area (Å²) >= 11 is 5.97. The second-order valence-corrected chi connectivity index (χ2v) is 8.32. The summed E-state index contributed by atoms with van der Waals surface area (Å²) in [4.78, 5) is 28.0. The Hall–Kier alpha value is -3.51. The van der Waals surface area contributed by atoms with Crippen LogP contribution in [0.1, 0.15) is 23.6 Å². The van der Waals surface area contributed by atoms with Crippen LogP contribution < -0.4 is 14.8 Å².